The van der Waals surface area contributed by atoms with Crippen LogP contribution in [0.3, 0.4) is 0 Å². The SMILES string of the molecule is Cc1cc(Br)c(F)cc1N1CCCN2CCCCC2C1. The Kier molecular flexibility index (Phi) is 4.32. The molecule has 2 nitrogen and oxygen atoms in total. The van der Waals surface area contributed by atoms with Crippen LogP contribution in [0.2, 0.25) is 0 Å². The highest BCUT2D eigenvalue weighted by molar-refractivity contribution is 9.10. The van der Waals surface area contributed by atoms with Crippen LogP contribution in [0.1, 0.15) is 31.2 Å². The maximum absolute atomic E-state index is 13.9. The molecule has 2 heterocycles. The number of hydrogen-bond acceptors (Lipinski definition) is 2. The first-order valence-electron chi connectivity index (χ1n) is 7.60. The highest BCUT2D eigenvalue weighted by Crippen LogP contribution is 2.30. The van der Waals surface area contributed by atoms with Gasteiger partial charge in [-0.25, -0.2) is 4.39 Å². The van der Waals surface area contributed by atoms with Crippen molar-refractivity contribution in [2.24, 2.45) is 0 Å². The molecule has 20 heavy (non-hydrogen) atoms. The van der Waals surface area contributed by atoms with Crippen molar-refractivity contribution >= 4 is 21.6 Å². The molecule has 3 rings (SSSR count). The van der Waals surface area contributed by atoms with Gasteiger partial charge in [-0.05, 0) is 66.4 Å². The van der Waals surface area contributed by atoms with E-state index in [1.165, 1.54) is 38.8 Å². The van der Waals surface area contributed by atoms with E-state index in [0.29, 0.717) is 10.5 Å². The number of piperidine rings is 1. The van der Waals surface area contributed by atoms with Gasteiger partial charge in [0.25, 0.3) is 0 Å². The summed E-state index contributed by atoms with van der Waals surface area (Å²) in [6, 6.07) is 4.24. The van der Waals surface area contributed by atoms with Gasteiger partial charge in [0, 0.05) is 31.4 Å². The summed E-state index contributed by atoms with van der Waals surface area (Å²) in [4.78, 5) is 5.02. The Morgan fingerprint density at radius 1 is 1.15 bits per heavy atom. The van der Waals surface area contributed by atoms with E-state index in [-0.39, 0.29) is 5.82 Å². The Morgan fingerprint density at radius 3 is 2.80 bits per heavy atom. The van der Waals surface area contributed by atoms with Crippen LogP contribution in [0.5, 0.6) is 0 Å². The second kappa shape index (κ2) is 6.02. The van der Waals surface area contributed by atoms with Crippen molar-refractivity contribution in [3.8, 4) is 0 Å². The molecule has 1 aromatic carbocycles. The van der Waals surface area contributed by atoms with Gasteiger partial charge in [0.15, 0.2) is 0 Å². The maximum Gasteiger partial charge on any atom is 0.139 e. The summed E-state index contributed by atoms with van der Waals surface area (Å²) in [5, 5.41) is 0. The number of fused-ring (bicyclic) bond motifs is 1. The van der Waals surface area contributed by atoms with Crippen LogP contribution < -0.4 is 4.90 Å². The minimum Gasteiger partial charge on any atom is -0.370 e. The highest BCUT2D eigenvalue weighted by Gasteiger charge is 2.27. The average molecular weight is 341 g/mol. The van der Waals surface area contributed by atoms with Crippen LogP contribution in [0.15, 0.2) is 16.6 Å². The van der Waals surface area contributed by atoms with Crippen LogP contribution in [-0.4, -0.2) is 37.1 Å². The van der Waals surface area contributed by atoms with Crippen LogP contribution in [0.4, 0.5) is 10.1 Å². The van der Waals surface area contributed by atoms with Crippen molar-refractivity contribution in [3.63, 3.8) is 0 Å². The van der Waals surface area contributed by atoms with E-state index < -0.39 is 0 Å². The first kappa shape index (κ1) is 14.3. The largest absolute Gasteiger partial charge is 0.370 e. The lowest BCUT2D eigenvalue weighted by Crippen LogP contribution is -2.44. The lowest BCUT2D eigenvalue weighted by atomic mass is 10.0. The summed E-state index contributed by atoms with van der Waals surface area (Å²) in [6.07, 6.45) is 5.13. The van der Waals surface area contributed by atoms with Gasteiger partial charge in [-0.1, -0.05) is 6.42 Å². The van der Waals surface area contributed by atoms with Crippen LogP contribution in [0.25, 0.3) is 0 Å². The highest BCUT2D eigenvalue weighted by atomic mass is 79.9. The third-order valence-corrected chi connectivity index (χ3v) is 5.24. The van der Waals surface area contributed by atoms with Gasteiger partial charge < -0.3 is 4.90 Å². The molecule has 0 saturated carbocycles. The number of anilines is 1. The monoisotopic (exact) mass is 340 g/mol. The van der Waals surface area contributed by atoms with Gasteiger partial charge in [-0.3, -0.25) is 4.90 Å². The van der Waals surface area contributed by atoms with Gasteiger partial charge >= 0.3 is 0 Å². The number of hydrogen-bond donors (Lipinski definition) is 0. The standard InChI is InChI=1S/C16H22BrFN2/c1-12-9-14(17)15(18)10-16(12)20-8-4-7-19-6-3-2-5-13(19)11-20/h9-10,13H,2-8,11H2,1H3. The molecule has 2 fully saturated rings. The Morgan fingerprint density at radius 2 is 1.95 bits per heavy atom. The van der Waals surface area contributed by atoms with Crippen molar-refractivity contribution in [1.29, 1.82) is 0 Å². The lowest BCUT2D eigenvalue weighted by Gasteiger charge is -2.36. The molecule has 2 aliphatic rings. The third kappa shape index (κ3) is 2.86. The van der Waals surface area contributed by atoms with E-state index in [9.17, 15) is 4.39 Å². The van der Waals surface area contributed by atoms with Crippen molar-refractivity contribution in [2.75, 3.05) is 31.1 Å². The van der Waals surface area contributed by atoms with Crippen molar-refractivity contribution in [2.45, 2.75) is 38.6 Å². The minimum absolute atomic E-state index is 0.157. The summed E-state index contributed by atoms with van der Waals surface area (Å²) in [5.41, 5.74) is 2.22. The van der Waals surface area contributed by atoms with E-state index in [4.69, 9.17) is 0 Å². The molecule has 1 aromatic rings. The first-order chi connectivity index (χ1) is 9.65. The number of halogens is 2. The fraction of sp³-hybridized carbons (Fsp3) is 0.625. The topological polar surface area (TPSA) is 6.48 Å². The molecule has 0 aromatic heterocycles. The van der Waals surface area contributed by atoms with E-state index in [2.05, 4.69) is 32.7 Å². The second-order valence-corrected chi connectivity index (χ2v) is 6.89. The van der Waals surface area contributed by atoms with Gasteiger partial charge in [-0.2, -0.15) is 0 Å². The smallest absolute Gasteiger partial charge is 0.139 e. The summed E-state index contributed by atoms with van der Waals surface area (Å²) >= 11 is 3.27. The quantitative estimate of drug-likeness (QED) is 0.763. The zero-order chi connectivity index (χ0) is 14.1. The number of benzene rings is 1. The van der Waals surface area contributed by atoms with E-state index in [1.54, 1.807) is 6.07 Å². The van der Waals surface area contributed by atoms with Crippen molar-refractivity contribution in [1.82, 2.24) is 4.90 Å². The number of aryl methyl sites for hydroxylation is 1. The molecule has 0 amide bonds. The Balaban J connectivity index is 1.84. The Bertz CT molecular complexity index is 492. The van der Waals surface area contributed by atoms with E-state index in [0.717, 1.165) is 24.3 Å². The van der Waals surface area contributed by atoms with Crippen LogP contribution in [-0.2, 0) is 0 Å². The van der Waals surface area contributed by atoms with E-state index in [1.807, 2.05) is 6.07 Å². The zero-order valence-corrected chi connectivity index (χ0v) is 13.6. The van der Waals surface area contributed by atoms with Gasteiger partial charge in [0.2, 0.25) is 0 Å². The maximum atomic E-state index is 13.9. The molecule has 1 atom stereocenters. The van der Waals surface area contributed by atoms with Crippen molar-refractivity contribution < 1.29 is 4.39 Å². The summed E-state index contributed by atoms with van der Waals surface area (Å²) in [6.45, 7) is 6.59. The molecule has 0 N–H and O–H groups in total. The number of nitrogens with zero attached hydrogens (tertiary/aromatic N) is 2. The predicted octanol–water partition coefficient (Wildman–Crippen LogP) is 3.96. The summed E-state index contributed by atoms with van der Waals surface area (Å²) in [5.74, 6) is -0.157. The van der Waals surface area contributed by atoms with Gasteiger partial charge in [0.05, 0.1) is 4.47 Å². The van der Waals surface area contributed by atoms with Crippen molar-refractivity contribution in [3.05, 3.63) is 28.0 Å². The molecule has 0 aliphatic carbocycles. The predicted molar refractivity (Wildman–Crippen MR) is 84.9 cm³/mol. The fourth-order valence-electron chi connectivity index (χ4n) is 3.57. The van der Waals surface area contributed by atoms with E-state index >= 15 is 0 Å². The summed E-state index contributed by atoms with van der Waals surface area (Å²) < 4.78 is 14.4. The summed E-state index contributed by atoms with van der Waals surface area (Å²) in [7, 11) is 0. The average Bonchev–Trinajstić information content (AvgIpc) is 2.65. The molecule has 0 radical (unpaired) electrons. The Hall–Kier alpha value is -0.610. The number of rotatable bonds is 1. The van der Waals surface area contributed by atoms with Crippen LogP contribution in [0, 0.1) is 12.7 Å². The molecule has 0 bridgehead atoms. The molecule has 2 aliphatic heterocycles. The fourth-order valence-corrected chi connectivity index (χ4v) is 4.02. The van der Waals surface area contributed by atoms with Crippen LogP contribution >= 0.6 is 15.9 Å². The second-order valence-electron chi connectivity index (χ2n) is 6.04. The molecular formula is C16H22BrFN2. The molecule has 1 unspecified atom stereocenters. The molecule has 2 saturated heterocycles. The lowest BCUT2D eigenvalue weighted by molar-refractivity contribution is 0.162. The first-order valence-corrected chi connectivity index (χ1v) is 8.39. The minimum atomic E-state index is -0.157. The molecule has 4 heteroatoms. The molecule has 0 spiro atoms. The Labute approximate surface area is 129 Å². The third-order valence-electron chi connectivity index (χ3n) is 4.63. The normalized spacial score (nSPS) is 24.4. The van der Waals surface area contributed by atoms with Gasteiger partial charge in [0.1, 0.15) is 5.82 Å². The van der Waals surface area contributed by atoms with Gasteiger partial charge in [-0.15, -0.1) is 0 Å². The zero-order valence-electron chi connectivity index (χ0n) is 12.0. The molecular weight excluding hydrogens is 319 g/mol. The molecule has 110 valence electrons.